The predicted molar refractivity (Wildman–Crippen MR) is 58.0 cm³/mol. The van der Waals surface area contributed by atoms with Crippen LogP contribution < -0.4 is 10.5 Å². The van der Waals surface area contributed by atoms with Crippen molar-refractivity contribution in [3.8, 4) is 5.75 Å². The Bertz CT molecular complexity index is 497. The number of carbonyl (C=O) groups is 1. The number of carboxylic acid groups (broad SMARTS) is 1. The maximum atomic E-state index is 13.7. The van der Waals surface area contributed by atoms with Gasteiger partial charge in [-0.05, 0) is 22.0 Å². The molecule has 0 bridgehead atoms. The second-order valence-corrected chi connectivity index (χ2v) is 4.55. The summed E-state index contributed by atoms with van der Waals surface area (Å²) in [5.74, 6) is -2.67. The van der Waals surface area contributed by atoms with Crippen LogP contribution in [0, 0.1) is 5.82 Å². The summed E-state index contributed by atoms with van der Waals surface area (Å²) in [6.45, 7) is -0.594. The van der Waals surface area contributed by atoms with E-state index in [0.717, 1.165) is 0 Å². The molecule has 0 saturated carbocycles. The van der Waals surface area contributed by atoms with E-state index in [0.29, 0.717) is 0 Å². The maximum absolute atomic E-state index is 13.7. The van der Waals surface area contributed by atoms with E-state index in [1.54, 1.807) is 0 Å². The number of alkyl halides is 1. The van der Waals surface area contributed by atoms with Crippen molar-refractivity contribution in [3.05, 3.63) is 28.0 Å². The zero-order valence-corrected chi connectivity index (χ0v) is 10.0. The van der Waals surface area contributed by atoms with Gasteiger partial charge in [0.15, 0.2) is 23.3 Å². The minimum atomic E-state index is -2.28. The summed E-state index contributed by atoms with van der Waals surface area (Å²) in [4.78, 5) is 11.1. The average molecular weight is 308 g/mol. The van der Waals surface area contributed by atoms with Crippen molar-refractivity contribution >= 4 is 21.9 Å². The van der Waals surface area contributed by atoms with Crippen LogP contribution in [0.4, 0.5) is 8.78 Å². The number of hydrogen-bond acceptors (Lipinski definition) is 3. The van der Waals surface area contributed by atoms with E-state index < -0.39 is 30.1 Å². The molecule has 17 heavy (non-hydrogen) atoms. The van der Waals surface area contributed by atoms with Gasteiger partial charge in [0, 0.05) is 5.56 Å². The van der Waals surface area contributed by atoms with E-state index in [1.165, 1.54) is 12.1 Å². The first-order chi connectivity index (χ1) is 7.89. The van der Waals surface area contributed by atoms with Crippen LogP contribution in [0.1, 0.15) is 5.56 Å². The van der Waals surface area contributed by atoms with E-state index in [1.807, 2.05) is 0 Å². The summed E-state index contributed by atoms with van der Waals surface area (Å²) in [6.07, 6.45) is -1.94. The van der Waals surface area contributed by atoms with Crippen LogP contribution in [0.3, 0.4) is 0 Å². The predicted octanol–water partition coefficient (Wildman–Crippen LogP) is 1.56. The Morgan fingerprint density at radius 3 is 2.88 bits per heavy atom. The molecule has 92 valence electrons. The van der Waals surface area contributed by atoms with Gasteiger partial charge in [0.05, 0.1) is 4.47 Å². The van der Waals surface area contributed by atoms with E-state index in [4.69, 9.17) is 15.6 Å². The molecular formula is C10H8BrF2NO3. The summed E-state index contributed by atoms with van der Waals surface area (Å²) < 4.78 is 32.3. The number of rotatable bonds is 1. The van der Waals surface area contributed by atoms with Gasteiger partial charge in [0.1, 0.15) is 6.61 Å². The van der Waals surface area contributed by atoms with Crippen molar-refractivity contribution in [2.24, 2.45) is 5.73 Å². The molecule has 1 aromatic carbocycles. The molecule has 0 aromatic heterocycles. The molecule has 1 aliphatic heterocycles. The highest BCUT2D eigenvalue weighted by molar-refractivity contribution is 9.10. The molecule has 0 radical (unpaired) electrons. The topological polar surface area (TPSA) is 72.6 Å². The van der Waals surface area contributed by atoms with Gasteiger partial charge >= 0.3 is 5.97 Å². The molecule has 3 N–H and O–H groups in total. The quantitative estimate of drug-likeness (QED) is 0.826. The molecule has 0 saturated heterocycles. The molecule has 0 aliphatic carbocycles. The first-order valence-electron chi connectivity index (χ1n) is 4.66. The molecule has 0 spiro atoms. The second-order valence-electron chi connectivity index (χ2n) is 3.69. The lowest BCUT2D eigenvalue weighted by Gasteiger charge is -2.34. The lowest BCUT2D eigenvalue weighted by atomic mass is 9.84. The molecule has 0 amide bonds. The Labute approximate surface area is 103 Å². The van der Waals surface area contributed by atoms with Crippen molar-refractivity contribution < 1.29 is 23.4 Å². The molecular weight excluding hydrogens is 300 g/mol. The van der Waals surface area contributed by atoms with E-state index in [-0.39, 0.29) is 15.8 Å². The molecule has 1 aliphatic rings. The second kappa shape index (κ2) is 3.92. The first kappa shape index (κ1) is 12.3. The summed E-state index contributed by atoms with van der Waals surface area (Å²) >= 11 is 2.93. The van der Waals surface area contributed by atoms with E-state index in [9.17, 15) is 13.6 Å². The molecule has 1 heterocycles. The van der Waals surface area contributed by atoms with Crippen molar-refractivity contribution in [2.45, 2.75) is 11.7 Å². The van der Waals surface area contributed by atoms with Gasteiger partial charge in [-0.15, -0.1) is 0 Å². The van der Waals surface area contributed by atoms with Gasteiger partial charge in [0.2, 0.25) is 0 Å². The normalized spacial score (nSPS) is 27.2. The lowest BCUT2D eigenvalue weighted by molar-refractivity contribution is -0.148. The number of benzene rings is 1. The van der Waals surface area contributed by atoms with Crippen LogP contribution >= 0.6 is 15.9 Å². The van der Waals surface area contributed by atoms with Crippen LogP contribution in [0.25, 0.3) is 0 Å². The van der Waals surface area contributed by atoms with Gasteiger partial charge in [-0.3, -0.25) is 0 Å². The third kappa shape index (κ3) is 1.61. The Kier molecular flexibility index (Phi) is 2.82. The van der Waals surface area contributed by atoms with Crippen LogP contribution in [0.15, 0.2) is 16.6 Å². The Hall–Kier alpha value is -1.21. The highest BCUT2D eigenvalue weighted by Gasteiger charge is 2.50. The van der Waals surface area contributed by atoms with E-state index >= 15 is 0 Å². The van der Waals surface area contributed by atoms with Gasteiger partial charge in [-0.25, -0.2) is 13.6 Å². The number of nitrogens with two attached hydrogens (primary N) is 1. The summed E-state index contributed by atoms with van der Waals surface area (Å²) in [7, 11) is 0. The Balaban J connectivity index is 2.69. The third-order valence-electron chi connectivity index (χ3n) is 2.72. The maximum Gasteiger partial charge on any atom is 0.331 e. The third-order valence-corrected chi connectivity index (χ3v) is 3.33. The average Bonchev–Trinajstić information content (AvgIpc) is 2.28. The first-order valence-corrected chi connectivity index (χ1v) is 5.46. The molecule has 1 aromatic rings. The Morgan fingerprint density at radius 1 is 1.65 bits per heavy atom. The van der Waals surface area contributed by atoms with Gasteiger partial charge < -0.3 is 15.6 Å². The number of hydrogen-bond donors (Lipinski definition) is 2. The van der Waals surface area contributed by atoms with Crippen molar-refractivity contribution in [1.82, 2.24) is 0 Å². The van der Waals surface area contributed by atoms with Crippen LogP contribution in [-0.4, -0.2) is 23.9 Å². The molecule has 0 unspecified atom stereocenters. The highest BCUT2D eigenvalue weighted by atomic mass is 79.9. The van der Waals surface area contributed by atoms with Crippen LogP contribution in [-0.2, 0) is 10.3 Å². The van der Waals surface area contributed by atoms with Gasteiger partial charge in [-0.2, -0.15) is 0 Å². The zero-order chi connectivity index (χ0) is 12.8. The highest BCUT2D eigenvalue weighted by Crippen LogP contribution is 2.40. The lowest BCUT2D eigenvalue weighted by Crippen LogP contribution is -2.57. The SMILES string of the molecule is N[C@]1(C(=O)O)c2ccc(Br)c(F)c2OC[C@@H]1F. The molecule has 2 rings (SSSR count). The van der Waals surface area contributed by atoms with E-state index in [2.05, 4.69) is 15.9 Å². The summed E-state index contributed by atoms with van der Waals surface area (Å²) in [6, 6.07) is 2.50. The number of ether oxygens (including phenoxy) is 1. The smallest absolute Gasteiger partial charge is 0.331 e. The van der Waals surface area contributed by atoms with Crippen LogP contribution in [0.2, 0.25) is 0 Å². The standard InChI is InChI=1S/C10H8BrF2NO3/c11-5-2-1-4-8(7(5)13)17-3-6(12)10(4,14)9(15)16/h1-2,6H,3,14H2,(H,15,16)/t6-,10+/m0/s1. The van der Waals surface area contributed by atoms with Crippen LogP contribution in [0.5, 0.6) is 5.75 Å². The molecule has 0 fully saturated rings. The zero-order valence-electron chi connectivity index (χ0n) is 8.41. The van der Waals surface area contributed by atoms with Crippen molar-refractivity contribution in [3.63, 3.8) is 0 Å². The fourth-order valence-electron chi connectivity index (χ4n) is 1.70. The molecule has 7 heteroatoms. The molecule has 2 atom stereocenters. The Morgan fingerprint density at radius 2 is 2.29 bits per heavy atom. The minimum Gasteiger partial charge on any atom is -0.487 e. The largest absolute Gasteiger partial charge is 0.487 e. The fourth-order valence-corrected chi connectivity index (χ4v) is 2.02. The number of carboxylic acids is 1. The van der Waals surface area contributed by atoms with Crippen molar-refractivity contribution in [2.75, 3.05) is 6.61 Å². The number of halogens is 3. The van der Waals surface area contributed by atoms with Crippen molar-refractivity contribution in [1.29, 1.82) is 0 Å². The molecule has 4 nitrogen and oxygen atoms in total. The number of aliphatic carboxylic acids is 1. The number of fused-ring (bicyclic) bond motifs is 1. The summed E-state index contributed by atoms with van der Waals surface area (Å²) in [5.41, 5.74) is 3.05. The van der Waals surface area contributed by atoms with Gasteiger partial charge in [0.25, 0.3) is 0 Å². The van der Waals surface area contributed by atoms with Gasteiger partial charge in [-0.1, -0.05) is 6.07 Å². The summed E-state index contributed by atoms with van der Waals surface area (Å²) in [5, 5.41) is 9.02. The monoisotopic (exact) mass is 307 g/mol. The fraction of sp³-hybridized carbons (Fsp3) is 0.300. The minimum absolute atomic E-state index is 0.0984.